The summed E-state index contributed by atoms with van der Waals surface area (Å²) in [4.78, 5) is 42.5. The molecule has 0 saturated carbocycles. The Labute approximate surface area is 140 Å². The fourth-order valence-corrected chi connectivity index (χ4v) is 2.17. The van der Waals surface area contributed by atoms with Crippen molar-refractivity contribution in [3.8, 4) is 0 Å². The van der Waals surface area contributed by atoms with E-state index in [4.69, 9.17) is 4.74 Å². The zero-order chi connectivity index (χ0) is 18.1. The molecule has 1 N–H and O–H groups in total. The van der Waals surface area contributed by atoms with Gasteiger partial charge in [-0.15, -0.1) is 0 Å². The monoisotopic (exact) mass is 331 g/mol. The van der Waals surface area contributed by atoms with Crippen LogP contribution in [0.5, 0.6) is 0 Å². The molecule has 0 atom stereocenters. The molecule has 0 rings (SSSR count). The summed E-state index contributed by atoms with van der Waals surface area (Å²) in [6.45, 7) is 12.9. The summed E-state index contributed by atoms with van der Waals surface area (Å²) >= 11 is 0. The summed E-state index contributed by atoms with van der Waals surface area (Å²) in [7, 11) is 0. The van der Waals surface area contributed by atoms with Gasteiger partial charge in [-0.1, -0.05) is 7.43 Å². The van der Waals surface area contributed by atoms with Crippen molar-refractivity contribution in [3.05, 3.63) is 0 Å². The Morgan fingerprint density at radius 2 is 1.22 bits per heavy atom. The van der Waals surface area contributed by atoms with Crippen molar-refractivity contribution in [2.24, 2.45) is 0 Å². The van der Waals surface area contributed by atoms with E-state index in [9.17, 15) is 19.2 Å². The molecule has 0 unspecified atom stereocenters. The van der Waals surface area contributed by atoms with Gasteiger partial charge in [0, 0.05) is 32.2 Å². The minimum Gasteiger partial charge on any atom is -0.459 e. The van der Waals surface area contributed by atoms with Crippen LogP contribution in [0.2, 0.25) is 0 Å². The first-order chi connectivity index (χ1) is 9.67. The molecular weight excluding hydrogens is 298 g/mol. The Morgan fingerprint density at radius 1 is 0.826 bits per heavy atom. The maximum absolute atomic E-state index is 10.7. The van der Waals surface area contributed by atoms with Crippen LogP contribution in [0.3, 0.4) is 0 Å². The molecule has 0 saturated heterocycles. The van der Waals surface area contributed by atoms with Crippen molar-refractivity contribution >= 4 is 23.4 Å². The highest BCUT2D eigenvalue weighted by atomic mass is 16.6. The molecule has 0 aliphatic heterocycles. The van der Waals surface area contributed by atoms with E-state index in [1.807, 2.05) is 13.8 Å². The molecule has 136 valence electrons. The number of Topliss-reactive ketones (excluding diaryl/α,β-unsaturated/α-hetero) is 2. The van der Waals surface area contributed by atoms with Crippen LogP contribution in [0.1, 0.15) is 75.7 Å². The first-order valence-electron chi connectivity index (χ1n) is 7.14. The third kappa shape index (κ3) is 20.3. The topological polar surface area (TPSA) is 89.5 Å². The lowest BCUT2D eigenvalue weighted by Gasteiger charge is -2.23. The maximum atomic E-state index is 10.7. The maximum Gasteiger partial charge on any atom is 0.303 e. The van der Waals surface area contributed by atoms with Crippen molar-refractivity contribution in [2.75, 3.05) is 0 Å². The molecule has 0 heterocycles. The normalized spacial score (nSPS) is 10.4. The van der Waals surface area contributed by atoms with E-state index in [1.54, 1.807) is 13.8 Å². The van der Waals surface area contributed by atoms with Crippen molar-refractivity contribution in [1.82, 2.24) is 5.32 Å². The van der Waals surface area contributed by atoms with Gasteiger partial charge in [0.1, 0.15) is 17.2 Å². The first kappa shape index (κ1) is 26.2. The van der Waals surface area contributed by atoms with Crippen molar-refractivity contribution < 1.29 is 23.9 Å². The number of carbonyl (C=O) groups is 4. The van der Waals surface area contributed by atoms with Gasteiger partial charge in [-0.25, -0.2) is 0 Å². The van der Waals surface area contributed by atoms with Gasteiger partial charge >= 0.3 is 5.97 Å². The fourth-order valence-electron chi connectivity index (χ4n) is 2.17. The Morgan fingerprint density at radius 3 is 1.48 bits per heavy atom. The van der Waals surface area contributed by atoms with E-state index in [0.29, 0.717) is 6.42 Å². The van der Waals surface area contributed by atoms with Crippen LogP contribution >= 0.6 is 0 Å². The average molecular weight is 331 g/mol. The van der Waals surface area contributed by atoms with Crippen LogP contribution < -0.4 is 5.32 Å². The summed E-state index contributed by atoms with van der Waals surface area (Å²) in [6.07, 6.45) is 0.652. The molecule has 0 spiro atoms. The Hall–Kier alpha value is -1.72. The highest BCUT2D eigenvalue weighted by Gasteiger charge is 2.22. The molecule has 0 aliphatic carbocycles. The van der Waals surface area contributed by atoms with Crippen LogP contribution in [0.4, 0.5) is 0 Å². The Kier molecular flexibility index (Phi) is 12.4. The van der Waals surface area contributed by atoms with Gasteiger partial charge in [0.25, 0.3) is 0 Å². The van der Waals surface area contributed by atoms with Gasteiger partial charge < -0.3 is 10.1 Å². The molecule has 23 heavy (non-hydrogen) atoms. The minimum atomic E-state index is -0.655. The number of carbonyl (C=O) groups excluding carboxylic acids is 4. The quantitative estimate of drug-likeness (QED) is 0.756. The molecule has 0 bridgehead atoms. The molecule has 0 radical (unpaired) electrons. The van der Waals surface area contributed by atoms with E-state index >= 15 is 0 Å². The first-order valence-corrected chi connectivity index (χ1v) is 7.14. The summed E-state index contributed by atoms with van der Waals surface area (Å²) in [6, 6.07) is 0. The van der Waals surface area contributed by atoms with E-state index in [2.05, 4.69) is 5.32 Å². The van der Waals surface area contributed by atoms with Crippen LogP contribution in [-0.4, -0.2) is 34.6 Å². The Bertz CT molecular complexity index is 349. The standard InChI is InChI=1S/C8H15NO2.C8H14O3.CH4/c1-6(10)5-8(3,4)9-7(2)11;1-6(9)5-8(3,4)11-7(2)10;/h5H2,1-4H3,(H,9,11);5H2,1-4H3;1H4. The van der Waals surface area contributed by atoms with Gasteiger partial charge in [-0.05, 0) is 41.5 Å². The molecule has 0 aromatic rings. The summed E-state index contributed by atoms with van der Waals surface area (Å²) in [5.74, 6) is -0.340. The van der Waals surface area contributed by atoms with Crippen molar-refractivity contribution in [2.45, 2.75) is 86.8 Å². The highest BCUT2D eigenvalue weighted by Crippen LogP contribution is 2.14. The van der Waals surface area contributed by atoms with Gasteiger partial charge in [-0.3, -0.25) is 19.2 Å². The van der Waals surface area contributed by atoms with E-state index in [1.165, 1.54) is 27.7 Å². The lowest BCUT2D eigenvalue weighted by Crippen LogP contribution is -2.43. The summed E-state index contributed by atoms with van der Waals surface area (Å²) in [5.41, 5.74) is -1.06. The van der Waals surface area contributed by atoms with Crippen LogP contribution in [0, 0.1) is 0 Å². The molecule has 1 amide bonds. The van der Waals surface area contributed by atoms with Crippen LogP contribution in [0.25, 0.3) is 0 Å². The fraction of sp³-hybridized carbons (Fsp3) is 0.765. The van der Waals surface area contributed by atoms with Crippen LogP contribution in [-0.2, 0) is 23.9 Å². The molecule has 6 heteroatoms. The summed E-state index contributed by atoms with van der Waals surface area (Å²) in [5, 5.41) is 2.69. The van der Waals surface area contributed by atoms with E-state index < -0.39 is 11.1 Å². The zero-order valence-electron chi connectivity index (χ0n) is 15.0. The number of ether oxygens (including phenoxy) is 1. The number of rotatable bonds is 6. The number of esters is 1. The third-order valence-corrected chi connectivity index (χ3v) is 2.30. The minimum absolute atomic E-state index is 0. The second-order valence-corrected chi connectivity index (χ2v) is 6.68. The molecule has 0 fully saturated rings. The lowest BCUT2D eigenvalue weighted by atomic mass is 9.98. The van der Waals surface area contributed by atoms with Gasteiger partial charge in [0.2, 0.25) is 5.91 Å². The van der Waals surface area contributed by atoms with Gasteiger partial charge in [0.15, 0.2) is 0 Å². The van der Waals surface area contributed by atoms with Crippen molar-refractivity contribution in [1.29, 1.82) is 0 Å². The summed E-state index contributed by atoms with van der Waals surface area (Å²) < 4.78 is 4.89. The second kappa shape index (κ2) is 10.9. The Balaban J connectivity index is -0.000000333. The number of nitrogens with one attached hydrogen (secondary N) is 1. The SMILES string of the molecule is C.CC(=O)CC(C)(C)NC(C)=O.CC(=O)CC(C)(C)OC(C)=O. The largest absolute Gasteiger partial charge is 0.459 e. The smallest absolute Gasteiger partial charge is 0.303 e. The molecule has 0 aromatic heterocycles. The number of hydrogen-bond donors (Lipinski definition) is 1. The van der Waals surface area contributed by atoms with Gasteiger partial charge in [0.05, 0.1) is 0 Å². The number of hydrogen-bond acceptors (Lipinski definition) is 5. The second-order valence-electron chi connectivity index (χ2n) is 6.68. The predicted octanol–water partition coefficient (Wildman–Crippen LogP) is 2.82. The van der Waals surface area contributed by atoms with Gasteiger partial charge in [-0.2, -0.15) is 0 Å². The van der Waals surface area contributed by atoms with Crippen molar-refractivity contribution in [3.63, 3.8) is 0 Å². The zero-order valence-corrected chi connectivity index (χ0v) is 15.0. The number of ketones is 2. The average Bonchev–Trinajstić information content (AvgIpc) is 2.06. The predicted molar refractivity (Wildman–Crippen MR) is 91.1 cm³/mol. The molecule has 0 aromatic carbocycles. The molecule has 0 aliphatic rings. The lowest BCUT2D eigenvalue weighted by molar-refractivity contribution is -0.155. The molecular formula is C17H33NO5. The molecule has 6 nitrogen and oxygen atoms in total. The number of amides is 1. The van der Waals surface area contributed by atoms with E-state index in [-0.39, 0.29) is 37.3 Å². The van der Waals surface area contributed by atoms with Crippen LogP contribution in [0.15, 0.2) is 0 Å². The third-order valence-electron chi connectivity index (χ3n) is 2.30. The highest BCUT2D eigenvalue weighted by molar-refractivity contribution is 5.79. The van der Waals surface area contributed by atoms with E-state index in [0.717, 1.165) is 0 Å².